The molecule has 0 saturated carbocycles. The molecule has 0 saturated heterocycles. The molecule has 1 aromatic rings. The summed E-state index contributed by atoms with van der Waals surface area (Å²) in [6, 6.07) is 1.91. The van der Waals surface area contributed by atoms with Crippen LogP contribution in [-0.2, 0) is 4.74 Å². The van der Waals surface area contributed by atoms with Gasteiger partial charge in [-0.3, -0.25) is 0 Å². The topological polar surface area (TPSA) is 35.5 Å². The van der Waals surface area contributed by atoms with E-state index in [1.807, 2.05) is 26.8 Å². The molecule has 0 aliphatic carbocycles. The minimum Gasteiger partial charge on any atom is -0.493 e. The highest BCUT2D eigenvalue weighted by Crippen LogP contribution is 2.28. The lowest BCUT2D eigenvalue weighted by atomic mass is 9.97. The summed E-state index contributed by atoms with van der Waals surface area (Å²) in [6.07, 6.45) is 0.969. The van der Waals surface area contributed by atoms with Crippen LogP contribution in [0.25, 0.3) is 0 Å². The van der Waals surface area contributed by atoms with Crippen LogP contribution in [0.2, 0.25) is 0 Å². The van der Waals surface area contributed by atoms with Crippen LogP contribution >= 0.6 is 0 Å². The molecule has 0 spiro atoms. The van der Waals surface area contributed by atoms with Crippen molar-refractivity contribution < 1.29 is 14.3 Å². The Hall–Kier alpha value is -1.51. The van der Waals surface area contributed by atoms with Gasteiger partial charge in [0.05, 0.1) is 19.3 Å². The first-order valence-electron chi connectivity index (χ1n) is 5.84. The Kier molecular flexibility index (Phi) is 4.55. The fourth-order valence-corrected chi connectivity index (χ4v) is 1.82. The lowest BCUT2D eigenvalue weighted by Gasteiger charge is -2.15. The first-order chi connectivity index (χ1) is 8.02. The van der Waals surface area contributed by atoms with Gasteiger partial charge >= 0.3 is 5.97 Å². The van der Waals surface area contributed by atoms with Crippen molar-refractivity contribution in [3.05, 3.63) is 28.3 Å². The maximum atomic E-state index is 11.7. The highest BCUT2D eigenvalue weighted by molar-refractivity contribution is 5.93. The summed E-state index contributed by atoms with van der Waals surface area (Å²) in [4.78, 5) is 11.7. The average Bonchev–Trinajstić information content (AvgIpc) is 2.31. The standard InChI is InChI=1S/C14H20O3/c1-6-7-17-12-8-9(2)13(14(15)16-5)11(4)10(12)3/h8H,6-7H2,1-5H3. The molecule has 0 amide bonds. The van der Waals surface area contributed by atoms with Gasteiger partial charge < -0.3 is 9.47 Å². The number of aryl methyl sites for hydroxylation is 1. The van der Waals surface area contributed by atoms with Gasteiger partial charge in [-0.25, -0.2) is 4.79 Å². The Balaban J connectivity index is 3.21. The van der Waals surface area contributed by atoms with E-state index in [1.54, 1.807) is 0 Å². The molecule has 0 unspecified atom stereocenters. The number of methoxy groups -OCH3 is 1. The number of benzene rings is 1. The molecule has 0 aliphatic rings. The molecule has 0 fully saturated rings. The maximum Gasteiger partial charge on any atom is 0.338 e. The van der Waals surface area contributed by atoms with Gasteiger partial charge in [-0.15, -0.1) is 0 Å². The Morgan fingerprint density at radius 3 is 2.41 bits per heavy atom. The molecule has 1 rings (SSSR count). The van der Waals surface area contributed by atoms with Crippen molar-refractivity contribution in [3.8, 4) is 5.75 Å². The minimum atomic E-state index is -0.287. The summed E-state index contributed by atoms with van der Waals surface area (Å²) in [5, 5.41) is 0. The first-order valence-corrected chi connectivity index (χ1v) is 5.84. The predicted molar refractivity (Wildman–Crippen MR) is 67.8 cm³/mol. The molecule has 0 heterocycles. The van der Waals surface area contributed by atoms with E-state index in [0.717, 1.165) is 28.9 Å². The summed E-state index contributed by atoms with van der Waals surface area (Å²) < 4.78 is 10.5. The number of rotatable bonds is 4. The van der Waals surface area contributed by atoms with Crippen LogP contribution in [0.15, 0.2) is 6.07 Å². The molecular formula is C14H20O3. The van der Waals surface area contributed by atoms with Gasteiger partial charge in [-0.2, -0.15) is 0 Å². The van der Waals surface area contributed by atoms with Gasteiger partial charge in [-0.05, 0) is 49.9 Å². The Labute approximate surface area is 103 Å². The predicted octanol–water partition coefficient (Wildman–Crippen LogP) is 3.19. The van der Waals surface area contributed by atoms with E-state index < -0.39 is 0 Å². The maximum absolute atomic E-state index is 11.7. The molecule has 0 radical (unpaired) electrons. The fourth-order valence-electron chi connectivity index (χ4n) is 1.82. The third-order valence-corrected chi connectivity index (χ3v) is 2.90. The third kappa shape index (κ3) is 2.78. The van der Waals surface area contributed by atoms with Crippen molar-refractivity contribution in [1.82, 2.24) is 0 Å². The third-order valence-electron chi connectivity index (χ3n) is 2.90. The van der Waals surface area contributed by atoms with E-state index in [-0.39, 0.29) is 5.97 Å². The van der Waals surface area contributed by atoms with E-state index in [0.29, 0.717) is 12.2 Å². The number of hydrogen-bond donors (Lipinski definition) is 0. The second-order valence-electron chi connectivity index (χ2n) is 4.16. The van der Waals surface area contributed by atoms with Crippen LogP contribution in [0.1, 0.15) is 40.4 Å². The van der Waals surface area contributed by atoms with Crippen LogP contribution in [-0.4, -0.2) is 19.7 Å². The smallest absolute Gasteiger partial charge is 0.338 e. The van der Waals surface area contributed by atoms with E-state index in [1.165, 1.54) is 7.11 Å². The Morgan fingerprint density at radius 2 is 1.88 bits per heavy atom. The molecule has 0 atom stereocenters. The zero-order valence-electron chi connectivity index (χ0n) is 11.2. The molecule has 0 aromatic heterocycles. The second-order valence-corrected chi connectivity index (χ2v) is 4.16. The van der Waals surface area contributed by atoms with Gasteiger partial charge in [0.1, 0.15) is 5.75 Å². The SMILES string of the molecule is CCCOc1cc(C)c(C(=O)OC)c(C)c1C. The quantitative estimate of drug-likeness (QED) is 0.753. The molecule has 17 heavy (non-hydrogen) atoms. The minimum absolute atomic E-state index is 0.287. The lowest BCUT2D eigenvalue weighted by Crippen LogP contribution is -2.09. The number of esters is 1. The van der Waals surface area contributed by atoms with E-state index >= 15 is 0 Å². The average molecular weight is 236 g/mol. The summed E-state index contributed by atoms with van der Waals surface area (Å²) in [6.45, 7) is 8.55. The van der Waals surface area contributed by atoms with Gasteiger partial charge in [0.15, 0.2) is 0 Å². The van der Waals surface area contributed by atoms with Gasteiger partial charge in [-0.1, -0.05) is 6.92 Å². The van der Waals surface area contributed by atoms with Crippen LogP contribution < -0.4 is 4.74 Å². The Morgan fingerprint density at radius 1 is 1.24 bits per heavy atom. The number of hydrogen-bond acceptors (Lipinski definition) is 3. The van der Waals surface area contributed by atoms with Gasteiger partial charge in [0.25, 0.3) is 0 Å². The summed E-state index contributed by atoms with van der Waals surface area (Å²) >= 11 is 0. The summed E-state index contributed by atoms with van der Waals surface area (Å²) in [7, 11) is 1.40. The molecule has 94 valence electrons. The molecule has 0 aliphatic heterocycles. The van der Waals surface area contributed by atoms with Crippen LogP contribution in [0.4, 0.5) is 0 Å². The highest BCUT2D eigenvalue weighted by atomic mass is 16.5. The van der Waals surface area contributed by atoms with Crippen molar-refractivity contribution in [1.29, 1.82) is 0 Å². The van der Waals surface area contributed by atoms with Crippen molar-refractivity contribution in [2.45, 2.75) is 34.1 Å². The number of ether oxygens (including phenoxy) is 2. The van der Waals surface area contributed by atoms with E-state index in [4.69, 9.17) is 9.47 Å². The number of carbonyl (C=O) groups excluding carboxylic acids is 1. The molecular weight excluding hydrogens is 216 g/mol. The normalized spacial score (nSPS) is 10.2. The summed E-state index contributed by atoms with van der Waals surface area (Å²) in [5.74, 6) is 0.569. The molecule has 0 bridgehead atoms. The second kappa shape index (κ2) is 5.71. The molecule has 3 heteroatoms. The summed E-state index contributed by atoms with van der Waals surface area (Å²) in [5.41, 5.74) is 3.48. The lowest BCUT2D eigenvalue weighted by molar-refractivity contribution is 0.0599. The van der Waals surface area contributed by atoms with E-state index in [2.05, 4.69) is 6.92 Å². The van der Waals surface area contributed by atoms with Gasteiger partial charge in [0, 0.05) is 0 Å². The molecule has 1 aromatic carbocycles. The van der Waals surface area contributed by atoms with Crippen molar-refractivity contribution in [3.63, 3.8) is 0 Å². The zero-order chi connectivity index (χ0) is 13.0. The van der Waals surface area contributed by atoms with Crippen molar-refractivity contribution in [2.24, 2.45) is 0 Å². The molecule has 0 N–H and O–H groups in total. The largest absolute Gasteiger partial charge is 0.493 e. The van der Waals surface area contributed by atoms with E-state index in [9.17, 15) is 4.79 Å². The monoisotopic (exact) mass is 236 g/mol. The van der Waals surface area contributed by atoms with Crippen molar-refractivity contribution in [2.75, 3.05) is 13.7 Å². The van der Waals surface area contributed by atoms with Crippen LogP contribution in [0.3, 0.4) is 0 Å². The molecule has 3 nitrogen and oxygen atoms in total. The Bertz CT molecular complexity index is 422. The zero-order valence-corrected chi connectivity index (χ0v) is 11.2. The number of carbonyl (C=O) groups is 1. The fraction of sp³-hybridized carbons (Fsp3) is 0.500. The van der Waals surface area contributed by atoms with Crippen LogP contribution in [0, 0.1) is 20.8 Å². The van der Waals surface area contributed by atoms with Crippen molar-refractivity contribution >= 4 is 5.97 Å². The first kappa shape index (κ1) is 13.6. The van der Waals surface area contributed by atoms with Crippen LogP contribution in [0.5, 0.6) is 5.75 Å². The highest BCUT2D eigenvalue weighted by Gasteiger charge is 2.17. The van der Waals surface area contributed by atoms with Gasteiger partial charge in [0.2, 0.25) is 0 Å².